The number of hydrogen-bond donors (Lipinski definition) is 3. The van der Waals surface area contributed by atoms with Crippen molar-refractivity contribution < 1.29 is 9.84 Å². The third-order valence-electron chi connectivity index (χ3n) is 4.91. The van der Waals surface area contributed by atoms with Gasteiger partial charge in [-0.15, -0.1) is 0 Å². The first-order valence-electron chi connectivity index (χ1n) is 9.16. The maximum atomic E-state index is 10.4. The molecule has 0 bridgehead atoms. The second-order valence-electron chi connectivity index (χ2n) is 6.79. The Balaban J connectivity index is 1.75. The van der Waals surface area contributed by atoms with Gasteiger partial charge in [-0.2, -0.15) is 0 Å². The number of methoxy groups -OCH3 is 1. The third-order valence-corrected chi connectivity index (χ3v) is 5.40. The zero-order chi connectivity index (χ0) is 20.4. The van der Waals surface area contributed by atoms with Crippen LogP contribution >= 0.6 is 23.2 Å². The Morgan fingerprint density at radius 1 is 0.897 bits per heavy atom. The summed E-state index contributed by atoms with van der Waals surface area (Å²) in [5.41, 5.74) is 3.69. The fourth-order valence-electron chi connectivity index (χ4n) is 3.38. The summed E-state index contributed by atoms with van der Waals surface area (Å²) in [5.74, 6) is 0.982. The van der Waals surface area contributed by atoms with Gasteiger partial charge in [-0.3, -0.25) is 5.32 Å². The maximum Gasteiger partial charge on any atom is 0.120 e. The van der Waals surface area contributed by atoms with Crippen molar-refractivity contribution >= 4 is 28.9 Å². The molecule has 0 spiro atoms. The summed E-state index contributed by atoms with van der Waals surface area (Å²) in [7, 11) is 1.64. The van der Waals surface area contributed by atoms with Gasteiger partial charge >= 0.3 is 0 Å². The van der Waals surface area contributed by atoms with E-state index >= 15 is 0 Å². The van der Waals surface area contributed by atoms with E-state index in [1.54, 1.807) is 25.3 Å². The maximum absolute atomic E-state index is 10.4. The van der Waals surface area contributed by atoms with Gasteiger partial charge in [0.05, 0.1) is 13.2 Å². The standard InChI is InChI=1S/C23H20Cl2N2O2/c1-29-18-9-4-14(5-10-18)20-13-21(19-12-17(25)8-11-22(19)28)27-23(26-20)15-2-6-16(24)7-3-15/h2-13,21,23,26-28H,1H3. The van der Waals surface area contributed by atoms with Crippen molar-refractivity contribution in [3.05, 3.63) is 99.5 Å². The minimum absolute atomic E-state index is 0.183. The van der Waals surface area contributed by atoms with Gasteiger partial charge in [-0.25, -0.2) is 0 Å². The number of benzene rings is 3. The largest absolute Gasteiger partial charge is 0.508 e. The van der Waals surface area contributed by atoms with E-state index in [2.05, 4.69) is 10.6 Å². The number of nitrogens with one attached hydrogen (secondary N) is 2. The van der Waals surface area contributed by atoms with Crippen LogP contribution in [0.4, 0.5) is 0 Å². The monoisotopic (exact) mass is 426 g/mol. The molecule has 148 valence electrons. The molecule has 2 unspecified atom stereocenters. The minimum Gasteiger partial charge on any atom is -0.508 e. The van der Waals surface area contributed by atoms with Gasteiger partial charge in [-0.1, -0.05) is 35.3 Å². The SMILES string of the molecule is COc1ccc(C2=CC(c3cc(Cl)ccc3O)NC(c3ccc(Cl)cc3)N2)cc1. The van der Waals surface area contributed by atoms with Crippen molar-refractivity contribution in [2.45, 2.75) is 12.2 Å². The topological polar surface area (TPSA) is 53.5 Å². The smallest absolute Gasteiger partial charge is 0.120 e. The van der Waals surface area contributed by atoms with Crippen LogP contribution in [0.3, 0.4) is 0 Å². The number of halogens is 2. The zero-order valence-corrected chi connectivity index (χ0v) is 17.2. The zero-order valence-electron chi connectivity index (χ0n) is 15.7. The summed E-state index contributed by atoms with van der Waals surface area (Å²) >= 11 is 12.2. The van der Waals surface area contributed by atoms with E-state index in [0.29, 0.717) is 15.6 Å². The van der Waals surface area contributed by atoms with E-state index in [1.165, 1.54) is 0 Å². The molecule has 3 aromatic carbocycles. The third kappa shape index (κ3) is 4.35. The molecule has 0 saturated carbocycles. The highest BCUT2D eigenvalue weighted by Crippen LogP contribution is 2.35. The molecule has 29 heavy (non-hydrogen) atoms. The van der Waals surface area contributed by atoms with Gasteiger partial charge in [0.15, 0.2) is 0 Å². The Morgan fingerprint density at radius 2 is 1.59 bits per heavy atom. The van der Waals surface area contributed by atoms with E-state index in [9.17, 15) is 5.11 Å². The highest BCUT2D eigenvalue weighted by atomic mass is 35.5. The average molecular weight is 427 g/mol. The van der Waals surface area contributed by atoms with E-state index in [1.807, 2.05) is 54.6 Å². The van der Waals surface area contributed by atoms with E-state index in [4.69, 9.17) is 27.9 Å². The van der Waals surface area contributed by atoms with Crippen LogP contribution in [0.1, 0.15) is 28.9 Å². The van der Waals surface area contributed by atoms with E-state index in [0.717, 1.165) is 22.6 Å². The Morgan fingerprint density at radius 3 is 2.28 bits per heavy atom. The molecule has 3 aromatic rings. The van der Waals surface area contributed by atoms with Gasteiger partial charge < -0.3 is 15.2 Å². The summed E-state index contributed by atoms with van der Waals surface area (Å²) in [6.07, 6.45) is 1.86. The first-order chi connectivity index (χ1) is 14.0. The first-order valence-corrected chi connectivity index (χ1v) is 9.92. The summed E-state index contributed by atoms with van der Waals surface area (Å²) in [4.78, 5) is 0. The number of rotatable bonds is 4. The minimum atomic E-state index is -0.243. The van der Waals surface area contributed by atoms with Crippen molar-refractivity contribution in [3.63, 3.8) is 0 Å². The number of hydrogen-bond acceptors (Lipinski definition) is 4. The van der Waals surface area contributed by atoms with Crippen LogP contribution in [0.5, 0.6) is 11.5 Å². The summed E-state index contributed by atoms with van der Waals surface area (Å²) in [5, 5.41) is 18.7. The highest BCUT2D eigenvalue weighted by molar-refractivity contribution is 6.30. The molecule has 1 aliphatic heterocycles. The molecule has 0 amide bonds. The van der Waals surface area contributed by atoms with E-state index < -0.39 is 0 Å². The number of ether oxygens (including phenoxy) is 1. The Hall–Kier alpha value is -2.66. The molecule has 0 saturated heterocycles. The first kappa shape index (κ1) is 19.6. The molecular weight excluding hydrogens is 407 g/mol. The molecule has 6 heteroatoms. The molecule has 2 atom stereocenters. The van der Waals surface area contributed by atoms with Crippen LogP contribution in [0, 0.1) is 0 Å². The number of aromatic hydroxyl groups is 1. The van der Waals surface area contributed by atoms with Gasteiger partial charge in [-0.05, 0) is 71.8 Å². The van der Waals surface area contributed by atoms with Crippen LogP contribution in [-0.4, -0.2) is 12.2 Å². The predicted octanol–water partition coefficient (Wildman–Crippen LogP) is 5.68. The van der Waals surface area contributed by atoms with Crippen LogP contribution in [0.25, 0.3) is 5.70 Å². The van der Waals surface area contributed by atoms with Gasteiger partial charge in [0, 0.05) is 21.3 Å². The second-order valence-corrected chi connectivity index (χ2v) is 7.66. The molecule has 1 aliphatic rings. The molecule has 0 aromatic heterocycles. The van der Waals surface area contributed by atoms with Crippen molar-refractivity contribution in [2.75, 3.05) is 7.11 Å². The summed E-state index contributed by atoms with van der Waals surface area (Å²) in [6.45, 7) is 0. The molecule has 0 aliphatic carbocycles. The van der Waals surface area contributed by atoms with Crippen LogP contribution in [0.15, 0.2) is 72.8 Å². The Labute approximate surface area is 179 Å². The molecule has 3 N–H and O–H groups in total. The molecular formula is C23H20Cl2N2O2. The normalized spacial score (nSPS) is 18.7. The predicted molar refractivity (Wildman–Crippen MR) is 117 cm³/mol. The second kappa shape index (κ2) is 8.37. The summed E-state index contributed by atoms with van der Waals surface area (Å²) in [6, 6.07) is 20.3. The fourth-order valence-corrected chi connectivity index (χ4v) is 3.69. The lowest BCUT2D eigenvalue weighted by molar-refractivity contribution is 0.414. The quantitative estimate of drug-likeness (QED) is 0.502. The molecule has 0 radical (unpaired) electrons. The number of phenols is 1. The lowest BCUT2D eigenvalue weighted by Crippen LogP contribution is -2.39. The van der Waals surface area contributed by atoms with E-state index in [-0.39, 0.29) is 18.0 Å². The van der Waals surface area contributed by atoms with Gasteiger partial charge in [0.25, 0.3) is 0 Å². The van der Waals surface area contributed by atoms with Crippen LogP contribution in [0.2, 0.25) is 10.0 Å². The Bertz CT molecular complexity index is 1030. The van der Waals surface area contributed by atoms with Gasteiger partial charge in [0.2, 0.25) is 0 Å². The highest BCUT2D eigenvalue weighted by Gasteiger charge is 2.25. The van der Waals surface area contributed by atoms with Crippen LogP contribution in [-0.2, 0) is 0 Å². The summed E-state index contributed by atoms with van der Waals surface area (Å²) < 4.78 is 5.27. The molecule has 4 rings (SSSR count). The van der Waals surface area contributed by atoms with Crippen LogP contribution < -0.4 is 15.4 Å². The lowest BCUT2D eigenvalue weighted by atomic mass is 9.98. The Kier molecular flexibility index (Phi) is 5.67. The van der Waals surface area contributed by atoms with Crippen molar-refractivity contribution in [2.24, 2.45) is 0 Å². The molecule has 4 nitrogen and oxygen atoms in total. The molecule has 1 heterocycles. The van der Waals surface area contributed by atoms with Crippen molar-refractivity contribution in [1.82, 2.24) is 10.6 Å². The number of phenolic OH excluding ortho intramolecular Hbond substituents is 1. The van der Waals surface area contributed by atoms with Crippen molar-refractivity contribution in [1.29, 1.82) is 0 Å². The lowest BCUT2D eigenvalue weighted by Gasteiger charge is -2.33. The van der Waals surface area contributed by atoms with Gasteiger partial charge in [0.1, 0.15) is 17.7 Å². The van der Waals surface area contributed by atoms with Crippen molar-refractivity contribution in [3.8, 4) is 11.5 Å². The fraction of sp³-hybridized carbons (Fsp3) is 0.130. The average Bonchev–Trinajstić information content (AvgIpc) is 2.75. The molecule has 0 fully saturated rings.